The second-order valence-corrected chi connectivity index (χ2v) is 8.54. The van der Waals surface area contributed by atoms with Gasteiger partial charge in [0.25, 0.3) is 0 Å². The monoisotopic (exact) mass is 452 g/mol. The lowest BCUT2D eigenvalue weighted by molar-refractivity contribution is -0.121. The number of ether oxygens (including phenoxy) is 1. The highest BCUT2D eigenvalue weighted by Crippen LogP contribution is 2.21. The van der Waals surface area contributed by atoms with Gasteiger partial charge in [-0.1, -0.05) is 55.8 Å². The van der Waals surface area contributed by atoms with Crippen LogP contribution in [0.15, 0.2) is 54.6 Å². The van der Waals surface area contributed by atoms with Crippen LogP contribution in [0.1, 0.15) is 56.1 Å². The Morgan fingerprint density at radius 1 is 1.16 bits per heavy atom. The minimum Gasteiger partial charge on any atom is -0.497 e. The van der Waals surface area contributed by atoms with Gasteiger partial charge in [-0.3, -0.25) is 4.79 Å². The van der Waals surface area contributed by atoms with Crippen molar-refractivity contribution in [3.05, 3.63) is 71.5 Å². The Bertz CT molecular complexity index is 977. The normalized spacial score (nSPS) is 11.7. The third kappa shape index (κ3) is 7.05. The minimum absolute atomic E-state index is 0.0104. The first-order valence-corrected chi connectivity index (χ1v) is 11.9. The molecule has 0 saturated heterocycles. The van der Waals surface area contributed by atoms with Crippen molar-refractivity contribution in [3.63, 3.8) is 0 Å². The van der Waals surface area contributed by atoms with E-state index >= 15 is 0 Å². The van der Waals surface area contributed by atoms with E-state index in [1.165, 1.54) is 11.5 Å². The summed E-state index contributed by atoms with van der Waals surface area (Å²) in [5, 5.41) is 3.97. The Kier molecular flexibility index (Phi) is 9.04. The molecule has 1 heterocycles. The lowest BCUT2D eigenvalue weighted by Gasteiger charge is -2.21. The maximum absolute atomic E-state index is 12.6. The van der Waals surface area contributed by atoms with Gasteiger partial charge in [0.05, 0.1) is 13.2 Å². The number of hydrogen-bond acceptors (Lipinski definition) is 6. The molecule has 0 fully saturated rings. The summed E-state index contributed by atoms with van der Waals surface area (Å²) in [5.41, 5.74) is 2.22. The van der Waals surface area contributed by atoms with Crippen molar-refractivity contribution >= 4 is 22.6 Å². The summed E-state index contributed by atoms with van der Waals surface area (Å²) in [6, 6.07) is 18.0. The number of carbonyl (C=O) groups excluding carboxylic acids is 1. The van der Waals surface area contributed by atoms with Crippen LogP contribution in [-0.4, -0.2) is 35.5 Å². The van der Waals surface area contributed by atoms with E-state index in [9.17, 15) is 4.79 Å². The molecule has 1 unspecified atom stereocenters. The van der Waals surface area contributed by atoms with E-state index in [1.54, 1.807) is 7.11 Å². The Morgan fingerprint density at radius 2 is 1.97 bits per heavy atom. The average molecular weight is 453 g/mol. The molecule has 1 N–H and O–H groups in total. The van der Waals surface area contributed by atoms with E-state index in [-0.39, 0.29) is 11.9 Å². The first-order chi connectivity index (χ1) is 15.6. The van der Waals surface area contributed by atoms with Crippen molar-refractivity contribution in [2.75, 3.05) is 25.1 Å². The molecule has 1 atom stereocenters. The number of hydrogen-bond donors (Lipinski definition) is 1. The van der Waals surface area contributed by atoms with Gasteiger partial charge in [-0.05, 0) is 36.6 Å². The molecule has 0 aliphatic heterocycles. The largest absolute Gasteiger partial charge is 0.497 e. The zero-order chi connectivity index (χ0) is 22.8. The molecule has 0 bridgehead atoms. The van der Waals surface area contributed by atoms with Crippen LogP contribution in [-0.2, 0) is 11.2 Å². The number of rotatable bonds is 12. The summed E-state index contributed by atoms with van der Waals surface area (Å²) in [6.45, 7) is 5.67. The number of unbranched alkanes of at least 4 members (excludes halogenated alkanes) is 1. The minimum atomic E-state index is -0.0104. The van der Waals surface area contributed by atoms with Gasteiger partial charge in [0.2, 0.25) is 11.0 Å². The maximum Gasteiger partial charge on any atom is 0.222 e. The third-order valence-electron chi connectivity index (χ3n) is 5.29. The molecule has 0 aliphatic carbocycles. The van der Waals surface area contributed by atoms with Gasteiger partial charge in [-0.15, -0.1) is 0 Å². The van der Waals surface area contributed by atoms with Gasteiger partial charge in [0.15, 0.2) is 0 Å². The summed E-state index contributed by atoms with van der Waals surface area (Å²) in [6.07, 6.45) is 3.21. The molecular formula is C25H32N4O2S. The summed E-state index contributed by atoms with van der Waals surface area (Å²) in [5.74, 6) is 1.67. The molecule has 7 heteroatoms. The number of methoxy groups -OCH3 is 1. The van der Waals surface area contributed by atoms with E-state index in [0.29, 0.717) is 19.4 Å². The number of aromatic nitrogens is 2. The highest BCUT2D eigenvalue weighted by atomic mass is 32.1. The first-order valence-electron chi connectivity index (χ1n) is 11.1. The van der Waals surface area contributed by atoms with Gasteiger partial charge in [-0.2, -0.15) is 4.37 Å². The van der Waals surface area contributed by atoms with Gasteiger partial charge >= 0.3 is 0 Å². The van der Waals surface area contributed by atoms with Crippen molar-refractivity contribution in [3.8, 4) is 5.75 Å². The van der Waals surface area contributed by atoms with Crippen LogP contribution in [0.25, 0.3) is 0 Å². The van der Waals surface area contributed by atoms with Gasteiger partial charge in [0.1, 0.15) is 11.6 Å². The van der Waals surface area contributed by atoms with E-state index in [0.717, 1.165) is 47.2 Å². The first kappa shape index (κ1) is 23.7. The van der Waals surface area contributed by atoms with Crippen molar-refractivity contribution in [2.24, 2.45) is 0 Å². The van der Waals surface area contributed by atoms with Crippen LogP contribution in [0.3, 0.4) is 0 Å². The predicted octanol–water partition coefficient (Wildman–Crippen LogP) is 5.01. The average Bonchev–Trinajstić information content (AvgIpc) is 3.28. The number of carbonyl (C=O) groups is 1. The van der Waals surface area contributed by atoms with Crippen LogP contribution < -0.4 is 15.0 Å². The molecule has 1 aromatic heterocycles. The van der Waals surface area contributed by atoms with Crippen LogP contribution in [0.4, 0.5) is 5.13 Å². The van der Waals surface area contributed by atoms with E-state index in [1.807, 2.05) is 55.5 Å². The molecule has 32 heavy (non-hydrogen) atoms. The number of benzene rings is 2. The molecule has 0 radical (unpaired) electrons. The number of amides is 1. The zero-order valence-electron chi connectivity index (χ0n) is 19.1. The molecule has 0 spiro atoms. The molecule has 3 aromatic rings. The van der Waals surface area contributed by atoms with Gasteiger partial charge < -0.3 is 15.0 Å². The highest BCUT2D eigenvalue weighted by molar-refractivity contribution is 7.09. The van der Waals surface area contributed by atoms with E-state index in [4.69, 9.17) is 9.72 Å². The smallest absolute Gasteiger partial charge is 0.222 e. The standard InChI is InChI=1S/C25H32N4O2S/c1-4-5-15-29(16-14-24(30)26-19(2)21-11-7-6-8-12-21)25-27-23(28-32-25)18-20-10-9-13-22(17-20)31-3/h6-13,17,19H,4-5,14-16,18H2,1-3H3,(H,26,30). The Morgan fingerprint density at radius 3 is 2.72 bits per heavy atom. The number of nitrogens with one attached hydrogen (secondary N) is 1. The molecule has 1 amide bonds. The lowest BCUT2D eigenvalue weighted by atomic mass is 10.1. The predicted molar refractivity (Wildman–Crippen MR) is 130 cm³/mol. The molecule has 3 rings (SSSR count). The Labute approximate surface area is 194 Å². The van der Waals surface area contributed by atoms with E-state index < -0.39 is 0 Å². The molecular weight excluding hydrogens is 420 g/mol. The fraction of sp³-hybridized carbons (Fsp3) is 0.400. The quantitative estimate of drug-likeness (QED) is 0.418. The lowest BCUT2D eigenvalue weighted by Crippen LogP contribution is -2.32. The van der Waals surface area contributed by atoms with Crippen molar-refractivity contribution < 1.29 is 9.53 Å². The SMILES string of the molecule is CCCCN(CCC(=O)NC(C)c1ccccc1)c1nc(Cc2cccc(OC)c2)ns1. The topological polar surface area (TPSA) is 67.4 Å². The fourth-order valence-electron chi connectivity index (χ4n) is 3.44. The summed E-state index contributed by atoms with van der Waals surface area (Å²) >= 11 is 1.40. The second-order valence-electron chi connectivity index (χ2n) is 7.81. The summed E-state index contributed by atoms with van der Waals surface area (Å²) in [7, 11) is 1.67. The molecule has 0 saturated carbocycles. The van der Waals surface area contributed by atoms with Gasteiger partial charge in [-0.25, -0.2) is 4.98 Å². The maximum atomic E-state index is 12.6. The Balaban J connectivity index is 1.59. The highest BCUT2D eigenvalue weighted by Gasteiger charge is 2.16. The second kappa shape index (κ2) is 12.2. The summed E-state index contributed by atoms with van der Waals surface area (Å²) < 4.78 is 9.86. The van der Waals surface area contributed by atoms with Crippen LogP contribution in [0, 0.1) is 0 Å². The fourth-order valence-corrected chi connectivity index (χ4v) is 4.17. The third-order valence-corrected chi connectivity index (χ3v) is 6.11. The van der Waals surface area contributed by atoms with Crippen LogP contribution in [0.2, 0.25) is 0 Å². The van der Waals surface area contributed by atoms with Crippen LogP contribution in [0.5, 0.6) is 5.75 Å². The summed E-state index contributed by atoms with van der Waals surface area (Å²) in [4.78, 5) is 19.5. The molecule has 6 nitrogen and oxygen atoms in total. The van der Waals surface area contributed by atoms with Gasteiger partial charge in [0, 0.05) is 37.5 Å². The number of nitrogens with zero attached hydrogens (tertiary/aromatic N) is 3. The van der Waals surface area contributed by atoms with Crippen LogP contribution >= 0.6 is 11.5 Å². The number of anilines is 1. The van der Waals surface area contributed by atoms with Crippen molar-refractivity contribution in [1.29, 1.82) is 0 Å². The van der Waals surface area contributed by atoms with Crippen molar-refractivity contribution in [2.45, 2.75) is 45.6 Å². The Hall–Kier alpha value is -2.93. The molecule has 2 aromatic carbocycles. The zero-order valence-corrected chi connectivity index (χ0v) is 19.9. The molecule has 0 aliphatic rings. The van der Waals surface area contributed by atoms with Crippen molar-refractivity contribution in [1.82, 2.24) is 14.7 Å². The van der Waals surface area contributed by atoms with E-state index in [2.05, 4.69) is 27.6 Å². The molecule has 170 valence electrons.